The predicted molar refractivity (Wildman–Crippen MR) is 82.0 cm³/mol. The SMILES string of the molecule is O=C(Cc1cccc(O)c1)NCC1(CCO)CCCCC1. The van der Waals surface area contributed by atoms with Crippen molar-refractivity contribution in [3.63, 3.8) is 0 Å². The number of aliphatic hydroxyl groups excluding tert-OH is 1. The third kappa shape index (κ3) is 4.74. The fraction of sp³-hybridized carbons (Fsp3) is 0.588. The molecule has 0 heterocycles. The Hall–Kier alpha value is -1.55. The van der Waals surface area contributed by atoms with Gasteiger partial charge in [0.25, 0.3) is 0 Å². The van der Waals surface area contributed by atoms with Crippen molar-refractivity contribution in [1.29, 1.82) is 0 Å². The van der Waals surface area contributed by atoms with Crippen LogP contribution in [0.5, 0.6) is 5.75 Å². The number of aliphatic hydroxyl groups is 1. The summed E-state index contributed by atoms with van der Waals surface area (Å²) in [7, 11) is 0. The molecule has 0 unspecified atom stereocenters. The first-order valence-electron chi connectivity index (χ1n) is 7.79. The Morgan fingerprint density at radius 1 is 1.24 bits per heavy atom. The Bertz CT molecular complexity index is 461. The number of aromatic hydroxyl groups is 1. The smallest absolute Gasteiger partial charge is 0.224 e. The first-order chi connectivity index (χ1) is 10.1. The topological polar surface area (TPSA) is 69.6 Å². The van der Waals surface area contributed by atoms with E-state index in [0.717, 1.165) is 24.8 Å². The molecule has 116 valence electrons. The van der Waals surface area contributed by atoms with Crippen LogP contribution in [0.1, 0.15) is 44.1 Å². The van der Waals surface area contributed by atoms with Gasteiger partial charge in [-0.05, 0) is 42.4 Å². The molecule has 2 rings (SSSR count). The van der Waals surface area contributed by atoms with Gasteiger partial charge in [-0.3, -0.25) is 4.79 Å². The average molecular weight is 291 g/mol. The average Bonchev–Trinajstić information content (AvgIpc) is 2.47. The van der Waals surface area contributed by atoms with Gasteiger partial charge in [-0.1, -0.05) is 31.4 Å². The maximum Gasteiger partial charge on any atom is 0.224 e. The van der Waals surface area contributed by atoms with E-state index in [0.29, 0.717) is 6.54 Å². The molecule has 1 aliphatic carbocycles. The number of carbonyl (C=O) groups is 1. The third-order valence-electron chi connectivity index (χ3n) is 4.49. The number of hydrogen-bond acceptors (Lipinski definition) is 3. The van der Waals surface area contributed by atoms with Crippen LogP contribution < -0.4 is 5.32 Å². The van der Waals surface area contributed by atoms with Crippen LogP contribution in [0.4, 0.5) is 0 Å². The lowest BCUT2D eigenvalue weighted by atomic mass is 9.72. The van der Waals surface area contributed by atoms with Crippen molar-refractivity contribution in [2.75, 3.05) is 13.2 Å². The minimum absolute atomic E-state index is 0.0245. The van der Waals surface area contributed by atoms with Gasteiger partial charge >= 0.3 is 0 Å². The van der Waals surface area contributed by atoms with Gasteiger partial charge in [-0.2, -0.15) is 0 Å². The van der Waals surface area contributed by atoms with Gasteiger partial charge in [0.15, 0.2) is 0 Å². The Morgan fingerprint density at radius 3 is 2.67 bits per heavy atom. The Labute approximate surface area is 126 Å². The van der Waals surface area contributed by atoms with Crippen LogP contribution in [0.3, 0.4) is 0 Å². The molecule has 1 aromatic rings. The molecule has 0 aromatic heterocycles. The van der Waals surface area contributed by atoms with Crippen LogP contribution in [0, 0.1) is 5.41 Å². The zero-order valence-corrected chi connectivity index (χ0v) is 12.5. The molecule has 1 fully saturated rings. The highest BCUT2D eigenvalue weighted by molar-refractivity contribution is 5.78. The van der Waals surface area contributed by atoms with Gasteiger partial charge in [-0.25, -0.2) is 0 Å². The number of phenols is 1. The van der Waals surface area contributed by atoms with E-state index in [9.17, 15) is 15.0 Å². The number of benzene rings is 1. The van der Waals surface area contributed by atoms with Crippen LogP contribution in [-0.4, -0.2) is 29.3 Å². The summed E-state index contributed by atoms with van der Waals surface area (Å²) in [6.07, 6.45) is 6.83. The maximum atomic E-state index is 12.1. The summed E-state index contributed by atoms with van der Waals surface area (Å²) in [4.78, 5) is 12.1. The maximum absolute atomic E-state index is 12.1. The normalized spacial score (nSPS) is 17.4. The molecule has 0 aliphatic heterocycles. The van der Waals surface area contributed by atoms with E-state index in [-0.39, 0.29) is 30.1 Å². The quantitative estimate of drug-likeness (QED) is 0.753. The fourth-order valence-corrected chi connectivity index (χ4v) is 3.25. The lowest BCUT2D eigenvalue weighted by molar-refractivity contribution is -0.121. The van der Waals surface area contributed by atoms with Crippen molar-refractivity contribution in [3.8, 4) is 5.75 Å². The van der Waals surface area contributed by atoms with Crippen LogP contribution in [0.25, 0.3) is 0 Å². The molecule has 0 saturated heterocycles. The second-order valence-corrected chi connectivity index (χ2v) is 6.16. The molecular weight excluding hydrogens is 266 g/mol. The molecular formula is C17H25NO3. The number of carbonyl (C=O) groups excluding carboxylic acids is 1. The van der Waals surface area contributed by atoms with Crippen LogP contribution in [-0.2, 0) is 11.2 Å². The molecule has 4 heteroatoms. The largest absolute Gasteiger partial charge is 0.508 e. The van der Waals surface area contributed by atoms with Crippen molar-refractivity contribution < 1.29 is 15.0 Å². The van der Waals surface area contributed by atoms with E-state index < -0.39 is 0 Å². The first-order valence-corrected chi connectivity index (χ1v) is 7.79. The zero-order valence-electron chi connectivity index (χ0n) is 12.5. The summed E-state index contributed by atoms with van der Waals surface area (Å²) in [6, 6.07) is 6.79. The molecule has 0 bridgehead atoms. The molecule has 0 spiro atoms. The lowest BCUT2D eigenvalue weighted by Crippen LogP contribution is -2.40. The minimum Gasteiger partial charge on any atom is -0.508 e. The summed E-state index contributed by atoms with van der Waals surface area (Å²) in [5, 5.41) is 21.7. The fourth-order valence-electron chi connectivity index (χ4n) is 3.25. The lowest BCUT2D eigenvalue weighted by Gasteiger charge is -2.37. The van der Waals surface area contributed by atoms with E-state index in [2.05, 4.69) is 5.32 Å². The molecule has 3 N–H and O–H groups in total. The molecule has 1 aromatic carbocycles. The number of nitrogens with one attached hydrogen (secondary N) is 1. The van der Waals surface area contributed by atoms with Crippen molar-refractivity contribution in [2.45, 2.75) is 44.9 Å². The van der Waals surface area contributed by atoms with Crippen LogP contribution in [0.15, 0.2) is 24.3 Å². The van der Waals surface area contributed by atoms with Crippen LogP contribution >= 0.6 is 0 Å². The molecule has 4 nitrogen and oxygen atoms in total. The van der Waals surface area contributed by atoms with E-state index in [1.165, 1.54) is 19.3 Å². The first kappa shape index (κ1) is 15.8. The van der Waals surface area contributed by atoms with Crippen molar-refractivity contribution in [2.24, 2.45) is 5.41 Å². The van der Waals surface area contributed by atoms with Crippen LogP contribution in [0.2, 0.25) is 0 Å². The standard InChI is InChI=1S/C17H25NO3/c19-10-9-17(7-2-1-3-8-17)13-18-16(21)12-14-5-4-6-15(20)11-14/h4-6,11,19-20H,1-3,7-10,12-13H2,(H,18,21). The molecule has 1 aliphatic rings. The van der Waals surface area contributed by atoms with Gasteiger partial charge in [0.2, 0.25) is 5.91 Å². The highest BCUT2D eigenvalue weighted by Gasteiger charge is 2.31. The summed E-state index contributed by atoms with van der Waals surface area (Å²) in [5.41, 5.74) is 0.883. The Kier molecular flexibility index (Phi) is 5.62. The van der Waals surface area contributed by atoms with Gasteiger partial charge in [-0.15, -0.1) is 0 Å². The van der Waals surface area contributed by atoms with Gasteiger partial charge in [0.05, 0.1) is 6.42 Å². The Balaban J connectivity index is 1.87. The summed E-state index contributed by atoms with van der Waals surface area (Å²) in [5.74, 6) is 0.160. The van der Waals surface area contributed by atoms with Gasteiger partial charge < -0.3 is 15.5 Å². The third-order valence-corrected chi connectivity index (χ3v) is 4.49. The number of hydrogen-bond donors (Lipinski definition) is 3. The molecule has 1 saturated carbocycles. The van der Waals surface area contributed by atoms with Gasteiger partial charge in [0.1, 0.15) is 5.75 Å². The van der Waals surface area contributed by atoms with Crippen molar-refractivity contribution in [1.82, 2.24) is 5.32 Å². The van der Waals surface area contributed by atoms with E-state index >= 15 is 0 Å². The minimum atomic E-state index is -0.0245. The highest BCUT2D eigenvalue weighted by Crippen LogP contribution is 2.38. The van der Waals surface area contributed by atoms with Gasteiger partial charge in [0, 0.05) is 13.2 Å². The van der Waals surface area contributed by atoms with Crippen molar-refractivity contribution in [3.05, 3.63) is 29.8 Å². The predicted octanol–water partition coefficient (Wildman–Crippen LogP) is 2.38. The molecule has 1 amide bonds. The number of phenolic OH excluding ortho intramolecular Hbond substituents is 1. The highest BCUT2D eigenvalue weighted by atomic mass is 16.3. The second kappa shape index (κ2) is 7.46. The Morgan fingerprint density at radius 2 is 2.00 bits per heavy atom. The van der Waals surface area contributed by atoms with E-state index in [4.69, 9.17) is 0 Å². The van der Waals surface area contributed by atoms with E-state index in [1.807, 2.05) is 6.07 Å². The molecule has 0 atom stereocenters. The van der Waals surface area contributed by atoms with Crippen molar-refractivity contribution >= 4 is 5.91 Å². The number of rotatable bonds is 6. The molecule has 21 heavy (non-hydrogen) atoms. The second-order valence-electron chi connectivity index (χ2n) is 6.16. The van der Waals surface area contributed by atoms with E-state index in [1.54, 1.807) is 18.2 Å². The summed E-state index contributed by atoms with van der Waals surface area (Å²) < 4.78 is 0. The summed E-state index contributed by atoms with van der Waals surface area (Å²) in [6.45, 7) is 0.827. The molecule has 0 radical (unpaired) electrons. The summed E-state index contributed by atoms with van der Waals surface area (Å²) >= 11 is 0. The zero-order chi connectivity index (χ0) is 15.1. The monoisotopic (exact) mass is 291 g/mol. The number of amides is 1.